The maximum absolute atomic E-state index is 13.3. The summed E-state index contributed by atoms with van der Waals surface area (Å²) in [6.07, 6.45) is 1.45. The summed E-state index contributed by atoms with van der Waals surface area (Å²) in [6.45, 7) is -0.200. The number of rotatable bonds is 3. The molecule has 76 valence electrons. The molecule has 1 aliphatic heterocycles. The number of nitrogens with two attached hydrogens (primary N) is 1. The Kier molecular flexibility index (Phi) is 1.91. The van der Waals surface area contributed by atoms with Gasteiger partial charge in [0.2, 0.25) is 10.0 Å². The van der Waals surface area contributed by atoms with Gasteiger partial charge in [0.1, 0.15) is 0 Å². The van der Waals surface area contributed by atoms with Gasteiger partial charge in [0.05, 0.1) is 18.3 Å². The first-order valence-corrected chi connectivity index (χ1v) is 5.86. The second kappa shape index (κ2) is 2.65. The first-order valence-electron chi connectivity index (χ1n) is 4.36. The molecule has 0 aromatic heterocycles. The summed E-state index contributed by atoms with van der Waals surface area (Å²) >= 11 is 0. The van der Waals surface area contributed by atoms with Gasteiger partial charge in [0.15, 0.2) is 5.67 Å². The van der Waals surface area contributed by atoms with Gasteiger partial charge in [0, 0.05) is 6.54 Å². The van der Waals surface area contributed by atoms with Crippen LogP contribution in [-0.2, 0) is 10.0 Å². The van der Waals surface area contributed by atoms with Crippen LogP contribution in [0.4, 0.5) is 4.39 Å². The van der Waals surface area contributed by atoms with Gasteiger partial charge in [-0.1, -0.05) is 0 Å². The average Bonchev–Trinajstić information content (AvgIpc) is 2.80. The fraction of sp³-hybridized carbons (Fsp3) is 1.00. The Morgan fingerprint density at radius 2 is 2.00 bits per heavy atom. The highest BCUT2D eigenvalue weighted by Crippen LogP contribution is 2.36. The third-order valence-corrected chi connectivity index (χ3v) is 4.88. The van der Waals surface area contributed by atoms with E-state index in [0.717, 1.165) is 12.8 Å². The fourth-order valence-corrected chi connectivity index (χ4v) is 3.45. The van der Waals surface area contributed by atoms with E-state index < -0.39 is 15.7 Å². The molecule has 0 unspecified atom stereocenters. The molecular weight excluding hydrogens is 195 g/mol. The molecule has 0 aromatic carbocycles. The van der Waals surface area contributed by atoms with Crippen LogP contribution in [0, 0.1) is 0 Å². The molecule has 1 saturated heterocycles. The quantitative estimate of drug-likeness (QED) is 0.677. The van der Waals surface area contributed by atoms with Gasteiger partial charge in [-0.2, -0.15) is 4.31 Å². The lowest BCUT2D eigenvalue weighted by molar-refractivity contribution is 0.0301. The Hall–Kier alpha value is -0.200. The van der Waals surface area contributed by atoms with Gasteiger partial charge in [-0.15, -0.1) is 0 Å². The summed E-state index contributed by atoms with van der Waals surface area (Å²) in [4.78, 5) is 0. The lowest BCUT2D eigenvalue weighted by Gasteiger charge is -2.42. The average molecular weight is 208 g/mol. The summed E-state index contributed by atoms with van der Waals surface area (Å²) < 4.78 is 37.5. The van der Waals surface area contributed by atoms with Crippen molar-refractivity contribution < 1.29 is 12.8 Å². The van der Waals surface area contributed by atoms with Crippen LogP contribution in [0.25, 0.3) is 0 Å². The highest BCUT2D eigenvalue weighted by Gasteiger charge is 2.52. The smallest absolute Gasteiger partial charge is 0.217 e. The van der Waals surface area contributed by atoms with Crippen molar-refractivity contribution in [2.45, 2.75) is 23.8 Å². The summed E-state index contributed by atoms with van der Waals surface area (Å²) in [5, 5.41) is -0.241. The topological polar surface area (TPSA) is 63.4 Å². The Morgan fingerprint density at radius 1 is 1.46 bits per heavy atom. The molecule has 6 heteroatoms. The number of alkyl halides is 1. The van der Waals surface area contributed by atoms with E-state index in [4.69, 9.17) is 5.73 Å². The number of halogens is 1. The molecule has 0 radical (unpaired) electrons. The predicted molar refractivity (Wildman–Crippen MR) is 46.4 cm³/mol. The van der Waals surface area contributed by atoms with Crippen LogP contribution in [-0.4, -0.2) is 43.3 Å². The lowest BCUT2D eigenvalue weighted by Crippen LogP contribution is -2.64. The van der Waals surface area contributed by atoms with Crippen molar-refractivity contribution in [3.8, 4) is 0 Å². The Bertz CT molecular complexity index is 306. The number of hydrogen-bond donors (Lipinski definition) is 1. The summed E-state index contributed by atoms with van der Waals surface area (Å²) in [7, 11) is -3.17. The van der Waals surface area contributed by atoms with Crippen LogP contribution in [0.3, 0.4) is 0 Å². The van der Waals surface area contributed by atoms with Crippen molar-refractivity contribution >= 4 is 10.0 Å². The van der Waals surface area contributed by atoms with E-state index in [9.17, 15) is 12.8 Å². The zero-order chi connectivity index (χ0) is 9.69. The van der Waals surface area contributed by atoms with Crippen molar-refractivity contribution in [3.63, 3.8) is 0 Å². The normalized spacial score (nSPS) is 28.5. The molecule has 4 nitrogen and oxygen atoms in total. The van der Waals surface area contributed by atoms with Gasteiger partial charge >= 0.3 is 0 Å². The van der Waals surface area contributed by atoms with Gasteiger partial charge in [-0.3, -0.25) is 0 Å². The van der Waals surface area contributed by atoms with Crippen molar-refractivity contribution in [3.05, 3.63) is 0 Å². The van der Waals surface area contributed by atoms with E-state index in [1.54, 1.807) is 0 Å². The van der Waals surface area contributed by atoms with E-state index in [2.05, 4.69) is 0 Å². The van der Waals surface area contributed by atoms with Crippen LogP contribution < -0.4 is 5.73 Å². The maximum Gasteiger partial charge on any atom is 0.217 e. The summed E-state index contributed by atoms with van der Waals surface area (Å²) in [5.41, 5.74) is 3.70. The van der Waals surface area contributed by atoms with Crippen LogP contribution in [0.1, 0.15) is 12.8 Å². The number of sulfonamides is 1. The molecule has 13 heavy (non-hydrogen) atoms. The van der Waals surface area contributed by atoms with Gasteiger partial charge in [0.25, 0.3) is 0 Å². The first kappa shape index (κ1) is 9.36. The van der Waals surface area contributed by atoms with Crippen molar-refractivity contribution in [1.82, 2.24) is 4.31 Å². The maximum atomic E-state index is 13.3. The fourth-order valence-electron chi connectivity index (χ4n) is 1.47. The largest absolute Gasteiger partial charge is 0.327 e. The molecule has 0 atom stereocenters. The molecule has 2 N–H and O–H groups in total. The monoisotopic (exact) mass is 208 g/mol. The lowest BCUT2D eigenvalue weighted by atomic mass is 10.0. The Balaban J connectivity index is 1.99. The van der Waals surface area contributed by atoms with Crippen molar-refractivity contribution in [1.29, 1.82) is 0 Å². The Labute approximate surface area is 76.9 Å². The summed E-state index contributed by atoms with van der Waals surface area (Å²) in [6, 6.07) is 0. The van der Waals surface area contributed by atoms with Crippen molar-refractivity contribution in [2.24, 2.45) is 5.73 Å². The minimum atomic E-state index is -3.17. The van der Waals surface area contributed by atoms with Crippen LogP contribution >= 0.6 is 0 Å². The zero-order valence-corrected chi connectivity index (χ0v) is 8.06. The molecule has 1 aliphatic carbocycles. The van der Waals surface area contributed by atoms with Crippen molar-refractivity contribution in [2.75, 3.05) is 19.6 Å². The second-order valence-corrected chi connectivity index (χ2v) is 6.08. The molecule has 0 spiro atoms. The molecule has 0 bridgehead atoms. The first-order chi connectivity index (χ1) is 5.98. The zero-order valence-electron chi connectivity index (χ0n) is 7.24. The summed E-state index contributed by atoms with van der Waals surface area (Å²) in [5.74, 6) is 0. The molecule has 2 rings (SSSR count). The Morgan fingerprint density at radius 3 is 2.38 bits per heavy atom. The highest BCUT2D eigenvalue weighted by molar-refractivity contribution is 7.90. The van der Waals surface area contributed by atoms with E-state index in [1.165, 1.54) is 4.31 Å². The van der Waals surface area contributed by atoms with Crippen LogP contribution in [0.15, 0.2) is 0 Å². The molecule has 0 amide bonds. The van der Waals surface area contributed by atoms with E-state index in [1.807, 2.05) is 0 Å². The number of nitrogens with zero attached hydrogens (tertiary/aromatic N) is 1. The van der Waals surface area contributed by atoms with Gasteiger partial charge in [-0.05, 0) is 12.8 Å². The number of hydrogen-bond acceptors (Lipinski definition) is 3. The third kappa shape index (κ3) is 1.47. The van der Waals surface area contributed by atoms with Crippen LogP contribution in [0.2, 0.25) is 0 Å². The van der Waals surface area contributed by atoms with Gasteiger partial charge in [-0.25, -0.2) is 12.8 Å². The molecule has 1 heterocycles. The highest BCUT2D eigenvalue weighted by atomic mass is 32.2. The van der Waals surface area contributed by atoms with E-state index in [0.29, 0.717) is 0 Å². The predicted octanol–water partition coefficient (Wildman–Crippen LogP) is -0.539. The molecule has 1 saturated carbocycles. The third-order valence-electron chi connectivity index (χ3n) is 2.59. The molecular formula is C7H13FN2O2S. The minimum Gasteiger partial charge on any atom is -0.327 e. The molecule has 2 fully saturated rings. The second-order valence-electron chi connectivity index (χ2n) is 3.87. The van der Waals surface area contributed by atoms with E-state index >= 15 is 0 Å². The van der Waals surface area contributed by atoms with Gasteiger partial charge < -0.3 is 5.73 Å². The standard InChI is InChI=1S/C7H13FN2O2S/c8-7(3-9)4-10(5-7)13(11,12)6-1-2-6/h6H,1-5,9H2. The molecule has 2 aliphatic rings. The minimum absolute atomic E-state index is 0.0532. The van der Waals surface area contributed by atoms with Crippen LogP contribution in [0.5, 0.6) is 0 Å². The molecule has 0 aromatic rings. The van der Waals surface area contributed by atoms with E-state index in [-0.39, 0.29) is 24.9 Å². The SMILES string of the molecule is NCC1(F)CN(S(=O)(=O)C2CC2)C1.